The maximum absolute atomic E-state index is 4.83. The first-order valence-corrected chi connectivity index (χ1v) is 8.88. The lowest BCUT2D eigenvalue weighted by Gasteiger charge is -2.22. The first-order valence-electron chi connectivity index (χ1n) is 8.08. The summed E-state index contributed by atoms with van der Waals surface area (Å²) in [5, 5.41) is 3.39. The van der Waals surface area contributed by atoms with Gasteiger partial charge in [-0.1, -0.05) is 88.7 Å². The lowest BCUT2D eigenvalue weighted by atomic mass is 10.1. The quantitative estimate of drug-likeness (QED) is 0.676. The average Bonchev–Trinajstić information content (AvgIpc) is 2.69. The van der Waals surface area contributed by atoms with Crippen LogP contribution in [0.2, 0.25) is 0 Å². The lowest BCUT2D eigenvalue weighted by molar-refractivity contribution is 0.755. The standard InChI is InChI=1S/C21H16BrN3/c22-18-13-11-17(12-14-18)21-24-19(15-7-3-1-4-8-15)23-20(25-21)16-9-5-2-6-10-16/h1-14,21H,(H,23,24,25). The van der Waals surface area contributed by atoms with E-state index in [2.05, 4.69) is 57.6 Å². The molecule has 25 heavy (non-hydrogen) atoms. The Hall–Kier alpha value is -2.72. The van der Waals surface area contributed by atoms with E-state index >= 15 is 0 Å². The minimum absolute atomic E-state index is 0.264. The van der Waals surface area contributed by atoms with E-state index in [9.17, 15) is 0 Å². The minimum Gasteiger partial charge on any atom is -0.324 e. The van der Waals surface area contributed by atoms with E-state index in [1.165, 1.54) is 0 Å². The summed E-state index contributed by atoms with van der Waals surface area (Å²) >= 11 is 3.48. The maximum Gasteiger partial charge on any atom is 0.169 e. The van der Waals surface area contributed by atoms with Crippen LogP contribution in [-0.4, -0.2) is 11.7 Å². The van der Waals surface area contributed by atoms with Crippen molar-refractivity contribution in [3.8, 4) is 0 Å². The molecule has 0 spiro atoms. The van der Waals surface area contributed by atoms with Crippen LogP contribution in [0.3, 0.4) is 0 Å². The summed E-state index contributed by atoms with van der Waals surface area (Å²) in [5.41, 5.74) is 3.16. The van der Waals surface area contributed by atoms with Gasteiger partial charge in [0.05, 0.1) is 0 Å². The molecule has 0 saturated carbocycles. The zero-order valence-corrected chi connectivity index (χ0v) is 15.0. The topological polar surface area (TPSA) is 36.8 Å². The molecule has 1 aliphatic rings. The van der Waals surface area contributed by atoms with Gasteiger partial charge < -0.3 is 5.32 Å². The molecule has 0 radical (unpaired) electrons. The van der Waals surface area contributed by atoms with E-state index < -0.39 is 0 Å². The fourth-order valence-corrected chi connectivity index (χ4v) is 2.98. The number of amidine groups is 2. The number of benzene rings is 3. The van der Waals surface area contributed by atoms with Gasteiger partial charge in [-0.3, -0.25) is 0 Å². The number of rotatable bonds is 3. The SMILES string of the molecule is Brc1ccc(C2N=C(c3ccccc3)NC(c3ccccc3)=N2)cc1. The lowest BCUT2D eigenvalue weighted by Crippen LogP contribution is -2.35. The molecule has 0 unspecified atom stereocenters. The van der Waals surface area contributed by atoms with Gasteiger partial charge in [0.25, 0.3) is 0 Å². The number of hydrogen-bond donors (Lipinski definition) is 1. The molecule has 0 saturated heterocycles. The number of hydrogen-bond acceptors (Lipinski definition) is 3. The highest BCUT2D eigenvalue weighted by Crippen LogP contribution is 2.25. The van der Waals surface area contributed by atoms with Gasteiger partial charge in [0.1, 0.15) is 11.7 Å². The molecule has 122 valence electrons. The molecule has 3 aromatic rings. The molecular formula is C21H16BrN3. The Morgan fingerprint density at radius 2 is 1.12 bits per heavy atom. The number of nitrogens with zero attached hydrogens (tertiary/aromatic N) is 2. The van der Waals surface area contributed by atoms with Gasteiger partial charge in [-0.25, -0.2) is 9.98 Å². The van der Waals surface area contributed by atoms with E-state index in [-0.39, 0.29) is 6.17 Å². The summed E-state index contributed by atoms with van der Waals surface area (Å²) in [7, 11) is 0. The van der Waals surface area contributed by atoms with Crippen molar-refractivity contribution in [3.63, 3.8) is 0 Å². The summed E-state index contributed by atoms with van der Waals surface area (Å²) < 4.78 is 1.05. The Morgan fingerprint density at radius 3 is 1.60 bits per heavy atom. The Morgan fingerprint density at radius 1 is 0.640 bits per heavy atom. The fourth-order valence-electron chi connectivity index (χ4n) is 2.72. The van der Waals surface area contributed by atoms with Gasteiger partial charge in [-0.2, -0.15) is 0 Å². The fraction of sp³-hybridized carbons (Fsp3) is 0.0476. The summed E-state index contributed by atoms with van der Waals surface area (Å²) in [6.07, 6.45) is -0.264. The highest BCUT2D eigenvalue weighted by atomic mass is 79.9. The Balaban J connectivity index is 1.78. The molecule has 1 aliphatic heterocycles. The van der Waals surface area contributed by atoms with E-state index in [4.69, 9.17) is 9.98 Å². The van der Waals surface area contributed by atoms with Gasteiger partial charge >= 0.3 is 0 Å². The Labute approximate surface area is 155 Å². The molecule has 3 nitrogen and oxygen atoms in total. The molecule has 0 bridgehead atoms. The van der Waals surface area contributed by atoms with Crippen LogP contribution in [0.5, 0.6) is 0 Å². The average molecular weight is 390 g/mol. The van der Waals surface area contributed by atoms with Crippen molar-refractivity contribution in [3.05, 3.63) is 106 Å². The number of nitrogens with one attached hydrogen (secondary N) is 1. The minimum atomic E-state index is -0.264. The van der Waals surface area contributed by atoms with Crippen LogP contribution < -0.4 is 5.32 Å². The van der Waals surface area contributed by atoms with Gasteiger partial charge in [-0.05, 0) is 17.7 Å². The maximum atomic E-state index is 4.83. The monoisotopic (exact) mass is 389 g/mol. The van der Waals surface area contributed by atoms with Crippen molar-refractivity contribution >= 4 is 27.6 Å². The molecule has 0 atom stereocenters. The zero-order chi connectivity index (χ0) is 17.1. The second-order valence-electron chi connectivity index (χ2n) is 5.74. The van der Waals surface area contributed by atoms with Crippen molar-refractivity contribution in [2.24, 2.45) is 9.98 Å². The van der Waals surface area contributed by atoms with E-state index in [1.807, 2.05) is 48.5 Å². The van der Waals surface area contributed by atoms with Crippen LogP contribution in [0.1, 0.15) is 22.9 Å². The summed E-state index contributed by atoms with van der Waals surface area (Å²) in [6.45, 7) is 0. The molecule has 0 aromatic heterocycles. The first-order chi connectivity index (χ1) is 12.3. The van der Waals surface area contributed by atoms with Crippen LogP contribution in [0, 0.1) is 0 Å². The predicted molar refractivity (Wildman–Crippen MR) is 106 cm³/mol. The second kappa shape index (κ2) is 7.03. The van der Waals surface area contributed by atoms with Crippen molar-refractivity contribution in [2.75, 3.05) is 0 Å². The molecule has 4 heteroatoms. The highest BCUT2D eigenvalue weighted by Gasteiger charge is 2.20. The second-order valence-corrected chi connectivity index (χ2v) is 6.65. The molecule has 3 aromatic carbocycles. The van der Waals surface area contributed by atoms with Crippen LogP contribution in [0.4, 0.5) is 0 Å². The molecule has 1 N–H and O–H groups in total. The Bertz CT molecular complexity index is 861. The molecule has 0 aliphatic carbocycles. The molecule has 0 amide bonds. The van der Waals surface area contributed by atoms with Crippen molar-refractivity contribution < 1.29 is 0 Å². The number of halogens is 1. The van der Waals surface area contributed by atoms with Crippen molar-refractivity contribution in [1.82, 2.24) is 5.32 Å². The summed E-state index contributed by atoms with van der Waals surface area (Å²) in [4.78, 5) is 9.66. The molecule has 1 heterocycles. The molecule has 0 fully saturated rings. The first kappa shape index (κ1) is 15.8. The summed E-state index contributed by atoms with van der Waals surface area (Å²) in [5.74, 6) is 1.67. The third-order valence-electron chi connectivity index (χ3n) is 4.00. The van der Waals surface area contributed by atoms with Crippen molar-refractivity contribution in [2.45, 2.75) is 6.17 Å². The highest BCUT2D eigenvalue weighted by molar-refractivity contribution is 9.10. The van der Waals surface area contributed by atoms with Crippen LogP contribution in [0.25, 0.3) is 0 Å². The van der Waals surface area contributed by atoms with Crippen LogP contribution in [-0.2, 0) is 0 Å². The van der Waals surface area contributed by atoms with E-state index in [0.29, 0.717) is 0 Å². The van der Waals surface area contributed by atoms with Gasteiger partial charge in [-0.15, -0.1) is 0 Å². The molecular weight excluding hydrogens is 374 g/mol. The smallest absolute Gasteiger partial charge is 0.169 e. The van der Waals surface area contributed by atoms with Gasteiger partial charge in [0.15, 0.2) is 6.17 Å². The van der Waals surface area contributed by atoms with Crippen LogP contribution >= 0.6 is 15.9 Å². The van der Waals surface area contributed by atoms with E-state index in [1.54, 1.807) is 0 Å². The summed E-state index contributed by atoms with van der Waals surface area (Å²) in [6, 6.07) is 28.4. The van der Waals surface area contributed by atoms with Gasteiger partial charge in [0, 0.05) is 15.6 Å². The predicted octanol–water partition coefficient (Wildman–Crippen LogP) is 4.94. The Kier molecular flexibility index (Phi) is 4.44. The molecule has 4 rings (SSSR count). The zero-order valence-electron chi connectivity index (χ0n) is 13.4. The normalized spacial score (nSPS) is 14.4. The van der Waals surface area contributed by atoms with Crippen LogP contribution in [0.15, 0.2) is 99.4 Å². The largest absolute Gasteiger partial charge is 0.324 e. The van der Waals surface area contributed by atoms with E-state index in [0.717, 1.165) is 32.8 Å². The van der Waals surface area contributed by atoms with Crippen molar-refractivity contribution in [1.29, 1.82) is 0 Å². The number of aliphatic imine (C=N–C) groups is 2. The third kappa shape index (κ3) is 3.54. The third-order valence-corrected chi connectivity index (χ3v) is 4.53. The van der Waals surface area contributed by atoms with Gasteiger partial charge in [0.2, 0.25) is 0 Å².